The minimum absolute atomic E-state index is 1.02. The van der Waals surface area contributed by atoms with E-state index in [0.717, 1.165) is 11.8 Å². The van der Waals surface area contributed by atoms with Gasteiger partial charge in [-0.2, -0.15) is 0 Å². The van der Waals surface area contributed by atoms with Gasteiger partial charge in [-0.25, -0.2) is 0 Å². The predicted octanol–water partition coefficient (Wildman–Crippen LogP) is 5.50. The van der Waals surface area contributed by atoms with E-state index in [4.69, 9.17) is 0 Å². The minimum Gasteiger partial charge on any atom is -0.303 e. The summed E-state index contributed by atoms with van der Waals surface area (Å²) in [5.41, 5.74) is 0. The molecule has 1 rings (SSSR count). The van der Waals surface area contributed by atoms with Crippen molar-refractivity contribution in [1.29, 1.82) is 0 Å². The molecular weight excluding hydrogens is 230 g/mol. The summed E-state index contributed by atoms with van der Waals surface area (Å²) in [6, 6.07) is 0. The first-order chi connectivity index (χ1) is 9.30. The average Bonchev–Trinajstić information content (AvgIpc) is 2.41. The number of hydrogen-bond acceptors (Lipinski definition) is 1. The smallest absolute Gasteiger partial charge is 0.00161 e. The molecule has 0 aromatic heterocycles. The van der Waals surface area contributed by atoms with Gasteiger partial charge in [0.15, 0.2) is 0 Å². The number of nitrogens with zero attached hydrogens (tertiary/aromatic N) is 1. The van der Waals surface area contributed by atoms with Crippen molar-refractivity contribution in [3.05, 3.63) is 0 Å². The van der Waals surface area contributed by atoms with Gasteiger partial charge in [-0.1, -0.05) is 65.7 Å². The molecule has 0 aromatic carbocycles. The van der Waals surface area contributed by atoms with E-state index < -0.39 is 0 Å². The molecular formula is C18H37N. The Bertz CT molecular complexity index is 188. The van der Waals surface area contributed by atoms with Crippen LogP contribution in [0, 0.1) is 11.8 Å². The molecule has 0 aromatic rings. The third-order valence-electron chi connectivity index (χ3n) is 4.87. The molecule has 0 aliphatic carbocycles. The van der Waals surface area contributed by atoms with Crippen LogP contribution in [-0.2, 0) is 0 Å². The lowest BCUT2D eigenvalue weighted by atomic mass is 9.87. The zero-order chi connectivity index (χ0) is 13.9. The summed E-state index contributed by atoms with van der Waals surface area (Å²) in [6.07, 6.45) is 14.4. The van der Waals surface area contributed by atoms with E-state index in [1.807, 2.05) is 0 Å². The highest BCUT2D eigenvalue weighted by Crippen LogP contribution is 2.26. The van der Waals surface area contributed by atoms with Gasteiger partial charge in [-0.3, -0.25) is 0 Å². The molecule has 0 bridgehead atoms. The van der Waals surface area contributed by atoms with E-state index in [2.05, 4.69) is 25.7 Å². The van der Waals surface area contributed by atoms with Gasteiger partial charge in [0.1, 0.15) is 0 Å². The maximum atomic E-state index is 2.66. The number of piperidine rings is 1. The van der Waals surface area contributed by atoms with Gasteiger partial charge in [0.05, 0.1) is 0 Å². The van der Waals surface area contributed by atoms with Crippen molar-refractivity contribution in [2.24, 2.45) is 11.8 Å². The van der Waals surface area contributed by atoms with Gasteiger partial charge in [-0.05, 0) is 50.7 Å². The van der Waals surface area contributed by atoms with E-state index in [9.17, 15) is 0 Å². The van der Waals surface area contributed by atoms with Crippen molar-refractivity contribution in [3.8, 4) is 0 Å². The lowest BCUT2D eigenvalue weighted by Gasteiger charge is -2.32. The molecule has 1 aliphatic heterocycles. The maximum Gasteiger partial charge on any atom is -0.00161 e. The summed E-state index contributed by atoms with van der Waals surface area (Å²) in [6.45, 7) is 11.0. The first-order valence-electron chi connectivity index (χ1n) is 9.02. The van der Waals surface area contributed by atoms with Crippen molar-refractivity contribution >= 4 is 0 Å². The molecule has 1 heteroatoms. The molecule has 1 heterocycles. The van der Waals surface area contributed by atoms with Gasteiger partial charge >= 0.3 is 0 Å². The Kier molecular flexibility index (Phi) is 9.59. The molecule has 0 radical (unpaired) electrons. The van der Waals surface area contributed by atoms with Crippen LogP contribution in [0.2, 0.25) is 0 Å². The number of likely N-dealkylation sites (tertiary alicyclic amines) is 1. The van der Waals surface area contributed by atoms with E-state index in [0.29, 0.717) is 0 Å². The van der Waals surface area contributed by atoms with E-state index in [1.165, 1.54) is 83.8 Å². The summed E-state index contributed by atoms with van der Waals surface area (Å²) in [7, 11) is 0. The van der Waals surface area contributed by atoms with Crippen LogP contribution < -0.4 is 0 Å². The zero-order valence-corrected chi connectivity index (χ0v) is 13.8. The second kappa shape index (κ2) is 10.7. The predicted molar refractivity (Wildman–Crippen MR) is 86.6 cm³/mol. The highest BCUT2D eigenvalue weighted by atomic mass is 15.1. The Morgan fingerprint density at radius 2 is 1.53 bits per heavy atom. The molecule has 0 saturated carbocycles. The molecule has 0 N–H and O–H groups in total. The normalized spacial score (nSPS) is 18.3. The van der Waals surface area contributed by atoms with Crippen molar-refractivity contribution in [2.45, 2.75) is 85.0 Å². The van der Waals surface area contributed by atoms with Crippen LogP contribution in [0.5, 0.6) is 0 Å². The maximum absolute atomic E-state index is 2.66. The molecule has 1 aliphatic rings. The van der Waals surface area contributed by atoms with Crippen molar-refractivity contribution in [2.75, 3.05) is 19.6 Å². The topological polar surface area (TPSA) is 3.24 Å². The summed E-state index contributed by atoms with van der Waals surface area (Å²) in [5.74, 6) is 2.06. The first kappa shape index (κ1) is 17.0. The molecule has 0 amide bonds. The van der Waals surface area contributed by atoms with Crippen LogP contribution >= 0.6 is 0 Å². The number of rotatable bonds is 10. The third kappa shape index (κ3) is 7.34. The van der Waals surface area contributed by atoms with Crippen LogP contribution in [-0.4, -0.2) is 24.5 Å². The van der Waals surface area contributed by atoms with Crippen molar-refractivity contribution in [1.82, 2.24) is 4.90 Å². The monoisotopic (exact) mass is 267 g/mol. The summed E-state index contributed by atoms with van der Waals surface area (Å²) >= 11 is 0. The van der Waals surface area contributed by atoms with Gasteiger partial charge in [0.25, 0.3) is 0 Å². The molecule has 1 nitrogen and oxygen atoms in total. The lowest BCUT2D eigenvalue weighted by molar-refractivity contribution is 0.175. The standard InChI is InChI=1S/C18H37N/c1-4-8-17(9-5-2)10-7-11-18-12-15-19(14-6-3)16-13-18/h17-18H,4-16H2,1-3H3. The fraction of sp³-hybridized carbons (Fsp3) is 1.00. The molecule has 1 fully saturated rings. The summed E-state index contributed by atoms with van der Waals surface area (Å²) in [4.78, 5) is 2.66. The van der Waals surface area contributed by atoms with E-state index in [1.54, 1.807) is 0 Å². The summed E-state index contributed by atoms with van der Waals surface area (Å²) < 4.78 is 0. The molecule has 0 unspecified atom stereocenters. The molecule has 0 atom stereocenters. The van der Waals surface area contributed by atoms with Gasteiger partial charge < -0.3 is 4.90 Å². The fourth-order valence-corrected chi connectivity index (χ4v) is 3.76. The Morgan fingerprint density at radius 3 is 2.05 bits per heavy atom. The van der Waals surface area contributed by atoms with Crippen LogP contribution in [0.25, 0.3) is 0 Å². The van der Waals surface area contributed by atoms with Crippen LogP contribution in [0.15, 0.2) is 0 Å². The lowest BCUT2D eigenvalue weighted by Crippen LogP contribution is -2.34. The van der Waals surface area contributed by atoms with Crippen LogP contribution in [0.1, 0.15) is 85.0 Å². The Balaban J connectivity index is 2.09. The average molecular weight is 268 g/mol. The number of hydrogen-bond donors (Lipinski definition) is 0. The Labute approximate surface area is 122 Å². The van der Waals surface area contributed by atoms with Gasteiger partial charge in [0.2, 0.25) is 0 Å². The Morgan fingerprint density at radius 1 is 0.895 bits per heavy atom. The first-order valence-corrected chi connectivity index (χ1v) is 9.02. The largest absolute Gasteiger partial charge is 0.303 e. The minimum atomic E-state index is 1.02. The second-order valence-electron chi connectivity index (χ2n) is 6.66. The van der Waals surface area contributed by atoms with E-state index >= 15 is 0 Å². The quantitative estimate of drug-likeness (QED) is 0.505. The molecule has 114 valence electrons. The van der Waals surface area contributed by atoms with Gasteiger partial charge in [0, 0.05) is 0 Å². The molecule has 0 spiro atoms. The summed E-state index contributed by atoms with van der Waals surface area (Å²) in [5, 5.41) is 0. The molecule has 19 heavy (non-hydrogen) atoms. The highest BCUT2D eigenvalue weighted by molar-refractivity contribution is 4.72. The fourth-order valence-electron chi connectivity index (χ4n) is 3.76. The van der Waals surface area contributed by atoms with Crippen LogP contribution in [0.3, 0.4) is 0 Å². The van der Waals surface area contributed by atoms with Crippen molar-refractivity contribution in [3.63, 3.8) is 0 Å². The zero-order valence-electron chi connectivity index (χ0n) is 13.8. The third-order valence-corrected chi connectivity index (χ3v) is 4.87. The van der Waals surface area contributed by atoms with Crippen molar-refractivity contribution < 1.29 is 0 Å². The molecule has 1 saturated heterocycles. The van der Waals surface area contributed by atoms with Crippen LogP contribution in [0.4, 0.5) is 0 Å². The SMILES string of the molecule is CCCC(CCC)CCCC1CCN(CCC)CC1. The highest BCUT2D eigenvalue weighted by Gasteiger charge is 2.18. The second-order valence-corrected chi connectivity index (χ2v) is 6.66. The Hall–Kier alpha value is -0.0400. The van der Waals surface area contributed by atoms with Gasteiger partial charge in [-0.15, -0.1) is 0 Å². The van der Waals surface area contributed by atoms with E-state index in [-0.39, 0.29) is 0 Å².